The molecule has 4 rings (SSSR count). The van der Waals surface area contributed by atoms with Crippen molar-refractivity contribution < 1.29 is 0 Å². The Kier molecular flexibility index (Phi) is 5.53. The molecule has 1 N–H and O–H groups in total. The molecule has 0 aliphatic carbocycles. The van der Waals surface area contributed by atoms with Gasteiger partial charge in [0, 0.05) is 16.0 Å². The summed E-state index contributed by atoms with van der Waals surface area (Å²) in [5.74, 6) is 0. The smallest absolute Gasteiger partial charge is 0.184 e. The third-order valence-electron chi connectivity index (χ3n) is 2.92. The Morgan fingerprint density at radius 3 is 2.00 bits per heavy atom. The van der Waals surface area contributed by atoms with Crippen LogP contribution < -0.4 is 5.32 Å². The molecule has 118 valence electrons. The Bertz CT molecular complexity index is 968. The second-order valence-corrected chi connectivity index (χ2v) is 8.70. The quantitative estimate of drug-likeness (QED) is 0.318. The highest BCUT2D eigenvalue weighted by molar-refractivity contribution is 9.11. The topological polar surface area (TPSA) is 37.8 Å². The fourth-order valence-corrected chi connectivity index (χ4v) is 4.95. The van der Waals surface area contributed by atoms with E-state index in [4.69, 9.17) is 11.6 Å². The molecule has 2 heterocycles. The standard InChI is InChI=1S/C8H7BrN2S.C7H3BrClNS/c1-10-8-11-6-4-2-3-5(9)7(6)12-8;8-4-2-1-3-5-6(4)11-7(9)10-5/h2-4H,1H3,(H,10,11);1-3H. The first kappa shape index (κ1) is 17.1. The van der Waals surface area contributed by atoms with E-state index >= 15 is 0 Å². The van der Waals surface area contributed by atoms with Crippen LogP contribution in [-0.4, -0.2) is 17.0 Å². The van der Waals surface area contributed by atoms with E-state index in [2.05, 4.69) is 47.1 Å². The van der Waals surface area contributed by atoms with Crippen molar-refractivity contribution in [2.75, 3.05) is 12.4 Å². The summed E-state index contributed by atoms with van der Waals surface area (Å²) in [5, 5.41) is 3.99. The van der Waals surface area contributed by atoms with Crippen LogP contribution in [0.4, 0.5) is 5.13 Å². The minimum Gasteiger partial charge on any atom is -0.365 e. The number of benzene rings is 2. The van der Waals surface area contributed by atoms with E-state index in [0.29, 0.717) is 4.47 Å². The van der Waals surface area contributed by atoms with E-state index in [1.54, 1.807) is 11.3 Å². The second-order valence-electron chi connectivity index (χ2n) is 4.41. The summed E-state index contributed by atoms with van der Waals surface area (Å²) >= 11 is 15.8. The fourth-order valence-electron chi connectivity index (χ4n) is 1.91. The summed E-state index contributed by atoms with van der Waals surface area (Å²) in [7, 11) is 1.88. The first-order valence-electron chi connectivity index (χ1n) is 6.52. The van der Waals surface area contributed by atoms with Crippen LogP contribution in [0.5, 0.6) is 0 Å². The van der Waals surface area contributed by atoms with Crippen LogP contribution in [0.3, 0.4) is 0 Å². The van der Waals surface area contributed by atoms with Crippen LogP contribution in [-0.2, 0) is 0 Å². The lowest BCUT2D eigenvalue weighted by Crippen LogP contribution is -1.83. The summed E-state index contributed by atoms with van der Waals surface area (Å²) < 4.78 is 5.06. The van der Waals surface area contributed by atoms with Crippen molar-refractivity contribution in [3.05, 3.63) is 49.8 Å². The molecule has 0 spiro atoms. The molecular weight excluding hydrogens is 482 g/mol. The molecule has 0 fully saturated rings. The molecule has 0 saturated carbocycles. The molecule has 8 heteroatoms. The Morgan fingerprint density at radius 2 is 1.48 bits per heavy atom. The number of anilines is 1. The number of hydrogen-bond acceptors (Lipinski definition) is 5. The van der Waals surface area contributed by atoms with Crippen molar-refractivity contribution >= 4 is 91.7 Å². The Hall–Kier alpha value is -0.730. The number of aromatic nitrogens is 2. The highest BCUT2D eigenvalue weighted by Crippen LogP contribution is 2.32. The van der Waals surface area contributed by atoms with Crippen LogP contribution in [0, 0.1) is 0 Å². The normalized spacial score (nSPS) is 10.6. The number of rotatable bonds is 1. The molecule has 0 saturated heterocycles. The average Bonchev–Trinajstić information content (AvgIpc) is 3.12. The molecule has 23 heavy (non-hydrogen) atoms. The molecule has 0 aliphatic heterocycles. The Morgan fingerprint density at radius 1 is 0.913 bits per heavy atom. The molecule has 3 nitrogen and oxygen atoms in total. The van der Waals surface area contributed by atoms with Gasteiger partial charge in [-0.15, -0.1) is 11.3 Å². The lowest BCUT2D eigenvalue weighted by molar-refractivity contribution is 1.41. The predicted octanol–water partition coefficient (Wildman–Crippen LogP) is 6.81. The van der Waals surface area contributed by atoms with Crippen molar-refractivity contribution in [2.45, 2.75) is 0 Å². The van der Waals surface area contributed by atoms with Crippen LogP contribution in [0.1, 0.15) is 0 Å². The van der Waals surface area contributed by atoms with Gasteiger partial charge in [0.2, 0.25) is 0 Å². The molecular formula is C15H10Br2ClN3S2. The fraction of sp³-hybridized carbons (Fsp3) is 0.0667. The van der Waals surface area contributed by atoms with Crippen LogP contribution in [0.25, 0.3) is 20.4 Å². The maximum absolute atomic E-state index is 5.74. The Labute approximate surface area is 163 Å². The minimum absolute atomic E-state index is 0.590. The van der Waals surface area contributed by atoms with Gasteiger partial charge in [-0.05, 0) is 56.1 Å². The van der Waals surface area contributed by atoms with E-state index in [9.17, 15) is 0 Å². The second kappa shape index (κ2) is 7.44. The van der Waals surface area contributed by atoms with E-state index in [1.807, 2.05) is 43.4 Å². The van der Waals surface area contributed by atoms with Gasteiger partial charge < -0.3 is 5.32 Å². The number of halogens is 3. The lowest BCUT2D eigenvalue weighted by Gasteiger charge is -1.88. The minimum atomic E-state index is 0.590. The van der Waals surface area contributed by atoms with E-state index in [-0.39, 0.29) is 0 Å². The van der Waals surface area contributed by atoms with Crippen molar-refractivity contribution in [1.29, 1.82) is 0 Å². The van der Waals surface area contributed by atoms with Crippen LogP contribution in [0.15, 0.2) is 45.3 Å². The first-order valence-corrected chi connectivity index (χ1v) is 10.1. The Balaban J connectivity index is 0.000000136. The van der Waals surface area contributed by atoms with E-state index < -0.39 is 0 Å². The highest BCUT2D eigenvalue weighted by Gasteiger charge is 2.04. The predicted molar refractivity (Wildman–Crippen MR) is 109 cm³/mol. The largest absolute Gasteiger partial charge is 0.365 e. The zero-order chi connectivity index (χ0) is 16.4. The maximum atomic E-state index is 5.74. The lowest BCUT2D eigenvalue weighted by atomic mass is 10.3. The van der Waals surface area contributed by atoms with Gasteiger partial charge in [-0.3, -0.25) is 0 Å². The number of hydrogen-bond donors (Lipinski definition) is 1. The number of nitrogens with zero attached hydrogens (tertiary/aromatic N) is 2. The number of fused-ring (bicyclic) bond motifs is 2. The number of thiazole rings is 2. The number of nitrogens with one attached hydrogen (secondary N) is 1. The third kappa shape index (κ3) is 3.85. The molecule has 0 atom stereocenters. The molecule has 0 bridgehead atoms. The van der Waals surface area contributed by atoms with Crippen LogP contribution in [0.2, 0.25) is 4.47 Å². The van der Waals surface area contributed by atoms with Crippen molar-refractivity contribution in [2.24, 2.45) is 0 Å². The van der Waals surface area contributed by atoms with E-state index in [1.165, 1.54) is 16.0 Å². The van der Waals surface area contributed by atoms with Gasteiger partial charge in [-0.2, -0.15) is 0 Å². The van der Waals surface area contributed by atoms with E-state index in [0.717, 1.165) is 29.8 Å². The zero-order valence-electron chi connectivity index (χ0n) is 11.8. The van der Waals surface area contributed by atoms with Gasteiger partial charge >= 0.3 is 0 Å². The molecule has 2 aromatic heterocycles. The molecule has 0 aliphatic rings. The van der Waals surface area contributed by atoms with Crippen molar-refractivity contribution in [1.82, 2.24) is 9.97 Å². The van der Waals surface area contributed by atoms with Gasteiger partial charge in [0.25, 0.3) is 0 Å². The molecule has 0 amide bonds. The molecule has 4 aromatic rings. The van der Waals surface area contributed by atoms with Gasteiger partial charge in [0.1, 0.15) is 0 Å². The maximum Gasteiger partial charge on any atom is 0.184 e. The monoisotopic (exact) mass is 489 g/mol. The summed E-state index contributed by atoms with van der Waals surface area (Å²) in [5.41, 5.74) is 1.99. The molecule has 2 aromatic carbocycles. The summed E-state index contributed by atoms with van der Waals surface area (Å²) in [4.78, 5) is 8.50. The van der Waals surface area contributed by atoms with Gasteiger partial charge in [0.15, 0.2) is 9.60 Å². The van der Waals surface area contributed by atoms with Gasteiger partial charge in [0.05, 0.1) is 20.4 Å². The van der Waals surface area contributed by atoms with Gasteiger partial charge in [-0.25, -0.2) is 9.97 Å². The zero-order valence-corrected chi connectivity index (χ0v) is 17.4. The average molecular weight is 492 g/mol. The molecule has 0 unspecified atom stereocenters. The van der Waals surface area contributed by atoms with Crippen molar-refractivity contribution in [3.63, 3.8) is 0 Å². The highest BCUT2D eigenvalue weighted by atomic mass is 79.9. The van der Waals surface area contributed by atoms with Gasteiger partial charge in [-0.1, -0.05) is 35.1 Å². The first-order chi connectivity index (χ1) is 11.1. The molecule has 0 radical (unpaired) electrons. The summed E-state index contributed by atoms with van der Waals surface area (Å²) in [6.07, 6.45) is 0. The summed E-state index contributed by atoms with van der Waals surface area (Å²) in [6, 6.07) is 11.9. The third-order valence-corrected chi connectivity index (χ3v) is 7.10. The SMILES string of the molecule is CNc1nc2cccc(Br)c2s1.Clc1nc2cccc(Br)c2s1. The summed E-state index contributed by atoms with van der Waals surface area (Å²) in [6.45, 7) is 0. The van der Waals surface area contributed by atoms with Crippen LogP contribution >= 0.6 is 66.1 Å². The van der Waals surface area contributed by atoms with Crippen molar-refractivity contribution in [3.8, 4) is 0 Å².